The second-order valence-electron chi connectivity index (χ2n) is 7.54. The third-order valence-corrected chi connectivity index (χ3v) is 6.72. The predicted molar refractivity (Wildman–Crippen MR) is 109 cm³/mol. The Bertz CT molecular complexity index is 1290. The highest BCUT2D eigenvalue weighted by molar-refractivity contribution is 7.89. The fourth-order valence-corrected chi connectivity index (χ4v) is 4.72. The number of halogens is 3. The van der Waals surface area contributed by atoms with E-state index in [4.69, 9.17) is 4.74 Å². The number of benzene rings is 2. The number of hydrogen-bond acceptors (Lipinski definition) is 8. The molecule has 1 saturated heterocycles. The number of aliphatic hydroxyl groups excluding tert-OH is 3. The Morgan fingerprint density at radius 3 is 2.50 bits per heavy atom. The Morgan fingerprint density at radius 2 is 1.82 bits per heavy atom. The number of sulfonamides is 1. The van der Waals surface area contributed by atoms with E-state index in [1.54, 1.807) is 6.07 Å². The zero-order chi connectivity index (χ0) is 24.6. The lowest BCUT2D eigenvalue weighted by atomic mass is 9.96. The quantitative estimate of drug-likeness (QED) is 0.379. The third kappa shape index (κ3) is 4.68. The Morgan fingerprint density at radius 1 is 1.06 bits per heavy atom. The van der Waals surface area contributed by atoms with Crippen LogP contribution in [0, 0.1) is 17.5 Å². The molecule has 182 valence electrons. The van der Waals surface area contributed by atoms with Crippen LogP contribution in [0.2, 0.25) is 0 Å². The third-order valence-electron chi connectivity index (χ3n) is 5.30. The molecule has 0 amide bonds. The monoisotopic (exact) mass is 500 g/mol. The summed E-state index contributed by atoms with van der Waals surface area (Å²) in [6.45, 7) is -0.751. The lowest BCUT2D eigenvalue weighted by Gasteiger charge is -2.42. The summed E-state index contributed by atoms with van der Waals surface area (Å²) in [5.74, 6) is -3.18. The Balaban J connectivity index is 1.63. The first kappa shape index (κ1) is 24.3. The molecule has 1 fully saturated rings. The number of nitrogens with one attached hydrogen (secondary N) is 1. The number of aromatic nitrogens is 3. The first-order chi connectivity index (χ1) is 16.1. The minimum absolute atomic E-state index is 0.199. The van der Waals surface area contributed by atoms with Crippen molar-refractivity contribution in [3.8, 4) is 11.3 Å². The van der Waals surface area contributed by atoms with Crippen LogP contribution in [0.1, 0.15) is 6.04 Å². The van der Waals surface area contributed by atoms with Crippen LogP contribution in [0.5, 0.6) is 0 Å². The van der Waals surface area contributed by atoms with Crippen molar-refractivity contribution in [1.82, 2.24) is 19.7 Å². The van der Waals surface area contributed by atoms with Crippen molar-refractivity contribution in [3.63, 3.8) is 0 Å². The molecule has 5 atom stereocenters. The van der Waals surface area contributed by atoms with E-state index in [1.165, 1.54) is 24.4 Å². The molecule has 0 spiro atoms. The van der Waals surface area contributed by atoms with Gasteiger partial charge in [0.1, 0.15) is 42.1 Å². The molecular formula is C20H19F3N4O6S. The molecule has 1 aromatic heterocycles. The molecule has 4 rings (SSSR count). The molecule has 1 aliphatic heterocycles. The van der Waals surface area contributed by atoms with Gasteiger partial charge in [-0.15, -0.1) is 5.10 Å². The standard InChI is InChI=1S/C20H19F3N4O6S/c21-11-3-1-2-10(6-11)15-8-27(26-24-15)17-18(29)16(9-28)33-20(19(17)30)25-34(31,32)12-4-5-13(22)14(23)7-12/h1-8,16-20,25,28-30H,9H2/t16?,17?,18-,19?,20+/m0/s1. The van der Waals surface area contributed by atoms with Crippen molar-refractivity contribution in [3.05, 3.63) is 66.1 Å². The summed E-state index contributed by atoms with van der Waals surface area (Å²) in [5, 5.41) is 38.8. The number of hydrogen-bond donors (Lipinski definition) is 4. The fourth-order valence-electron chi connectivity index (χ4n) is 3.58. The highest BCUT2D eigenvalue weighted by atomic mass is 32.2. The van der Waals surface area contributed by atoms with Gasteiger partial charge in [0.2, 0.25) is 10.0 Å². The molecule has 10 nitrogen and oxygen atoms in total. The first-order valence-corrected chi connectivity index (χ1v) is 11.4. The zero-order valence-corrected chi connectivity index (χ0v) is 18.0. The van der Waals surface area contributed by atoms with E-state index in [1.807, 2.05) is 4.72 Å². The van der Waals surface area contributed by atoms with E-state index in [2.05, 4.69) is 10.3 Å². The van der Waals surface area contributed by atoms with Crippen LogP contribution in [0.15, 0.2) is 53.6 Å². The van der Waals surface area contributed by atoms with Gasteiger partial charge in [-0.25, -0.2) is 26.3 Å². The summed E-state index contributed by atoms with van der Waals surface area (Å²) in [6, 6.07) is 5.97. The van der Waals surface area contributed by atoms with E-state index in [-0.39, 0.29) is 5.69 Å². The summed E-state index contributed by atoms with van der Waals surface area (Å²) in [5.41, 5.74) is 0.557. The molecule has 2 aromatic carbocycles. The van der Waals surface area contributed by atoms with Crippen LogP contribution in [0.3, 0.4) is 0 Å². The highest BCUT2D eigenvalue weighted by Gasteiger charge is 2.47. The largest absolute Gasteiger partial charge is 0.394 e. The van der Waals surface area contributed by atoms with Crippen molar-refractivity contribution >= 4 is 10.0 Å². The topological polar surface area (TPSA) is 147 Å². The maximum atomic E-state index is 13.5. The molecule has 0 aliphatic carbocycles. The van der Waals surface area contributed by atoms with E-state index >= 15 is 0 Å². The molecule has 4 N–H and O–H groups in total. The van der Waals surface area contributed by atoms with Crippen molar-refractivity contribution in [2.75, 3.05) is 6.61 Å². The average Bonchev–Trinajstić information content (AvgIpc) is 3.27. The lowest BCUT2D eigenvalue weighted by molar-refractivity contribution is -0.208. The van der Waals surface area contributed by atoms with Crippen LogP contribution in [-0.2, 0) is 14.8 Å². The van der Waals surface area contributed by atoms with Gasteiger partial charge in [-0.1, -0.05) is 17.3 Å². The minimum atomic E-state index is -4.52. The smallest absolute Gasteiger partial charge is 0.242 e. The second kappa shape index (κ2) is 9.40. The van der Waals surface area contributed by atoms with Crippen LogP contribution in [0.4, 0.5) is 13.2 Å². The normalized spacial score (nSPS) is 25.4. The molecule has 0 radical (unpaired) electrons. The highest BCUT2D eigenvalue weighted by Crippen LogP contribution is 2.31. The van der Waals surface area contributed by atoms with Crippen molar-refractivity contribution in [2.45, 2.75) is 35.5 Å². The first-order valence-electron chi connectivity index (χ1n) is 9.88. The van der Waals surface area contributed by atoms with Crippen LogP contribution >= 0.6 is 0 Å². The average molecular weight is 500 g/mol. The molecule has 3 unspecified atom stereocenters. The fraction of sp³-hybridized carbons (Fsp3) is 0.300. The van der Waals surface area contributed by atoms with Gasteiger partial charge in [0.15, 0.2) is 11.6 Å². The Hall–Kier alpha value is -2.88. The Labute approximate surface area is 191 Å². The molecule has 0 bridgehead atoms. The summed E-state index contributed by atoms with van der Waals surface area (Å²) >= 11 is 0. The van der Waals surface area contributed by atoms with E-state index in [9.17, 15) is 36.9 Å². The number of nitrogens with zero attached hydrogens (tertiary/aromatic N) is 3. The summed E-state index contributed by atoms with van der Waals surface area (Å²) in [7, 11) is -4.52. The molecule has 1 aliphatic rings. The van der Waals surface area contributed by atoms with E-state index in [0.717, 1.165) is 10.7 Å². The van der Waals surface area contributed by atoms with Gasteiger partial charge < -0.3 is 20.1 Å². The maximum absolute atomic E-state index is 13.5. The van der Waals surface area contributed by atoms with Gasteiger partial charge >= 0.3 is 0 Å². The van der Waals surface area contributed by atoms with Crippen LogP contribution in [-0.4, -0.2) is 69.9 Å². The second-order valence-corrected chi connectivity index (χ2v) is 9.25. The van der Waals surface area contributed by atoms with Gasteiger partial charge in [0, 0.05) is 5.56 Å². The van der Waals surface area contributed by atoms with Gasteiger partial charge in [-0.3, -0.25) is 0 Å². The number of aliphatic hydroxyl groups is 3. The van der Waals surface area contributed by atoms with E-state index in [0.29, 0.717) is 17.7 Å². The van der Waals surface area contributed by atoms with Crippen molar-refractivity contribution in [2.24, 2.45) is 0 Å². The van der Waals surface area contributed by atoms with Crippen LogP contribution < -0.4 is 4.72 Å². The van der Waals surface area contributed by atoms with E-state index < -0.39 is 69.6 Å². The molecule has 3 aromatic rings. The molecular weight excluding hydrogens is 481 g/mol. The van der Waals surface area contributed by atoms with Crippen LogP contribution in [0.25, 0.3) is 11.3 Å². The summed E-state index contributed by atoms with van der Waals surface area (Å²) in [4.78, 5) is -0.639. The molecule has 34 heavy (non-hydrogen) atoms. The Kier molecular flexibility index (Phi) is 6.71. The summed E-state index contributed by atoms with van der Waals surface area (Å²) in [6.07, 6.45) is -5.09. The maximum Gasteiger partial charge on any atom is 0.242 e. The van der Waals surface area contributed by atoms with Crippen molar-refractivity contribution in [1.29, 1.82) is 0 Å². The molecule has 2 heterocycles. The number of rotatable bonds is 6. The van der Waals surface area contributed by atoms with Crippen molar-refractivity contribution < 1.29 is 41.6 Å². The summed E-state index contributed by atoms with van der Waals surface area (Å²) < 4.78 is 74.0. The van der Waals surface area contributed by atoms with Gasteiger partial charge in [-0.05, 0) is 30.3 Å². The van der Waals surface area contributed by atoms with Gasteiger partial charge in [0.25, 0.3) is 0 Å². The lowest BCUT2D eigenvalue weighted by Crippen LogP contribution is -2.61. The minimum Gasteiger partial charge on any atom is -0.394 e. The predicted octanol–water partition coefficient (Wildman–Crippen LogP) is 0.321. The number of ether oxygens (including phenoxy) is 1. The molecule has 14 heteroatoms. The van der Waals surface area contributed by atoms with Gasteiger partial charge in [-0.2, -0.15) is 4.72 Å². The molecule has 0 saturated carbocycles. The zero-order valence-electron chi connectivity index (χ0n) is 17.2. The SMILES string of the molecule is O=S(=O)(N[C@@H]1OC(CO)[C@H](O)C(n2cc(-c3cccc(F)c3)nn2)C1O)c1ccc(F)c(F)c1. The van der Waals surface area contributed by atoms with Gasteiger partial charge in [0.05, 0.1) is 17.7 Å².